The second-order valence-electron chi connectivity index (χ2n) is 2.29. The molecule has 0 aliphatic heterocycles. The summed E-state index contributed by atoms with van der Waals surface area (Å²) in [4.78, 5) is 10.4. The molecule has 0 aliphatic rings. The van der Waals surface area contributed by atoms with E-state index in [1.54, 1.807) is 6.92 Å². The SMILES string of the molecule is CCC(C(=N)CS(=O)O)C(=O)O. The molecule has 0 saturated carbocycles. The fourth-order valence-corrected chi connectivity index (χ4v) is 1.27. The number of aliphatic carboxylic acids is 1. The first-order chi connectivity index (χ1) is 5.49. The van der Waals surface area contributed by atoms with Gasteiger partial charge in [0.1, 0.15) is 0 Å². The maximum absolute atomic E-state index is 10.4. The Morgan fingerprint density at radius 1 is 1.67 bits per heavy atom. The number of carbonyl (C=O) groups is 1. The van der Waals surface area contributed by atoms with Gasteiger partial charge >= 0.3 is 5.97 Å². The predicted octanol–water partition coefficient (Wildman–Crippen LogP) is 0.339. The van der Waals surface area contributed by atoms with Crippen molar-refractivity contribution in [2.75, 3.05) is 5.75 Å². The zero-order valence-electron chi connectivity index (χ0n) is 6.61. The third-order valence-corrected chi connectivity index (χ3v) is 1.96. The van der Waals surface area contributed by atoms with Gasteiger partial charge in [-0.2, -0.15) is 0 Å². The van der Waals surface area contributed by atoms with Gasteiger partial charge in [-0.15, -0.1) is 0 Å². The van der Waals surface area contributed by atoms with Crippen LogP contribution in [0.25, 0.3) is 0 Å². The van der Waals surface area contributed by atoms with Gasteiger partial charge in [0.25, 0.3) is 0 Å². The van der Waals surface area contributed by atoms with Crippen LogP contribution in [0.5, 0.6) is 0 Å². The van der Waals surface area contributed by atoms with Gasteiger partial charge in [0.2, 0.25) is 0 Å². The molecular formula is C6H11NO4S. The van der Waals surface area contributed by atoms with Crippen molar-refractivity contribution in [1.29, 1.82) is 5.41 Å². The third kappa shape index (κ3) is 3.59. The zero-order chi connectivity index (χ0) is 9.72. The van der Waals surface area contributed by atoms with E-state index < -0.39 is 23.0 Å². The van der Waals surface area contributed by atoms with Crippen molar-refractivity contribution in [3.05, 3.63) is 0 Å². The first kappa shape index (κ1) is 11.2. The molecule has 2 atom stereocenters. The maximum Gasteiger partial charge on any atom is 0.312 e. The number of hydrogen-bond donors (Lipinski definition) is 3. The Labute approximate surface area is 72.6 Å². The monoisotopic (exact) mass is 193 g/mol. The fraction of sp³-hybridized carbons (Fsp3) is 0.667. The summed E-state index contributed by atoms with van der Waals surface area (Å²) in [5.74, 6) is -2.43. The van der Waals surface area contributed by atoms with Gasteiger partial charge in [0.05, 0.1) is 11.7 Å². The Kier molecular flexibility index (Phi) is 4.68. The van der Waals surface area contributed by atoms with Gasteiger partial charge in [-0.1, -0.05) is 6.92 Å². The fourth-order valence-electron chi connectivity index (χ4n) is 0.804. The Hall–Kier alpha value is -0.750. The van der Waals surface area contributed by atoms with Crippen LogP contribution in [0, 0.1) is 11.3 Å². The molecule has 0 aromatic heterocycles. The highest BCUT2D eigenvalue weighted by molar-refractivity contribution is 7.80. The summed E-state index contributed by atoms with van der Waals surface area (Å²) in [5.41, 5.74) is -0.203. The van der Waals surface area contributed by atoms with Crippen molar-refractivity contribution >= 4 is 22.8 Å². The molecule has 3 N–H and O–H groups in total. The molecule has 0 aromatic rings. The molecule has 6 heteroatoms. The molecule has 0 heterocycles. The normalized spacial score (nSPS) is 15.2. The molecule has 0 aliphatic carbocycles. The highest BCUT2D eigenvalue weighted by Gasteiger charge is 2.21. The lowest BCUT2D eigenvalue weighted by atomic mass is 10.0. The van der Waals surface area contributed by atoms with Crippen LogP contribution in [-0.4, -0.2) is 31.3 Å². The van der Waals surface area contributed by atoms with E-state index in [4.69, 9.17) is 15.1 Å². The molecule has 0 rings (SSSR count). The molecule has 0 radical (unpaired) electrons. The number of carboxylic acid groups (broad SMARTS) is 1. The van der Waals surface area contributed by atoms with Crippen LogP contribution < -0.4 is 0 Å². The van der Waals surface area contributed by atoms with Crippen molar-refractivity contribution in [3.63, 3.8) is 0 Å². The molecule has 0 fully saturated rings. The van der Waals surface area contributed by atoms with Gasteiger partial charge in [0, 0.05) is 5.71 Å². The smallest absolute Gasteiger partial charge is 0.312 e. The molecule has 12 heavy (non-hydrogen) atoms. The Morgan fingerprint density at radius 2 is 2.17 bits per heavy atom. The molecule has 0 bridgehead atoms. The van der Waals surface area contributed by atoms with Crippen LogP contribution in [-0.2, 0) is 15.9 Å². The lowest BCUT2D eigenvalue weighted by Gasteiger charge is -2.08. The molecule has 0 aromatic carbocycles. The van der Waals surface area contributed by atoms with E-state index in [1.807, 2.05) is 0 Å². The Bertz CT molecular complexity index is 216. The molecule has 2 unspecified atom stereocenters. The van der Waals surface area contributed by atoms with Crippen molar-refractivity contribution in [1.82, 2.24) is 0 Å². The van der Waals surface area contributed by atoms with Crippen molar-refractivity contribution in [2.45, 2.75) is 13.3 Å². The lowest BCUT2D eigenvalue weighted by Crippen LogP contribution is -2.26. The average Bonchev–Trinajstić information content (AvgIpc) is 1.85. The van der Waals surface area contributed by atoms with Crippen LogP contribution >= 0.6 is 0 Å². The largest absolute Gasteiger partial charge is 0.481 e. The predicted molar refractivity (Wildman–Crippen MR) is 44.8 cm³/mol. The summed E-state index contributed by atoms with van der Waals surface area (Å²) in [5, 5.41) is 15.7. The van der Waals surface area contributed by atoms with E-state index in [9.17, 15) is 9.00 Å². The minimum atomic E-state index is -2.12. The standard InChI is InChI=1S/C6H11NO4S/c1-2-4(6(8)9)5(7)3-12(10)11/h4,7H,2-3H2,1H3,(H,8,9)(H,10,11). The summed E-state index contributed by atoms with van der Waals surface area (Å²) < 4.78 is 18.6. The summed E-state index contributed by atoms with van der Waals surface area (Å²) in [7, 11) is 0. The Morgan fingerprint density at radius 3 is 2.42 bits per heavy atom. The van der Waals surface area contributed by atoms with E-state index in [-0.39, 0.29) is 17.9 Å². The average molecular weight is 193 g/mol. The first-order valence-electron chi connectivity index (χ1n) is 3.36. The van der Waals surface area contributed by atoms with Gasteiger partial charge < -0.3 is 15.1 Å². The molecule has 5 nitrogen and oxygen atoms in total. The number of nitrogens with one attached hydrogen (secondary N) is 1. The third-order valence-electron chi connectivity index (χ3n) is 1.41. The van der Waals surface area contributed by atoms with E-state index in [1.165, 1.54) is 0 Å². The van der Waals surface area contributed by atoms with E-state index in [0.29, 0.717) is 0 Å². The number of carboxylic acids is 1. The van der Waals surface area contributed by atoms with Gasteiger partial charge in [-0.25, -0.2) is 4.21 Å². The van der Waals surface area contributed by atoms with Crippen LogP contribution in [0.4, 0.5) is 0 Å². The van der Waals surface area contributed by atoms with Gasteiger partial charge in [-0.3, -0.25) is 4.79 Å². The molecular weight excluding hydrogens is 182 g/mol. The van der Waals surface area contributed by atoms with Crippen LogP contribution in [0.3, 0.4) is 0 Å². The van der Waals surface area contributed by atoms with E-state index in [0.717, 1.165) is 0 Å². The van der Waals surface area contributed by atoms with Crippen molar-refractivity contribution in [3.8, 4) is 0 Å². The second-order valence-corrected chi connectivity index (χ2v) is 3.22. The number of rotatable bonds is 5. The van der Waals surface area contributed by atoms with Crippen LogP contribution in [0.15, 0.2) is 0 Å². The summed E-state index contributed by atoms with van der Waals surface area (Å²) in [6.45, 7) is 1.62. The summed E-state index contributed by atoms with van der Waals surface area (Å²) in [6, 6.07) is 0. The summed E-state index contributed by atoms with van der Waals surface area (Å²) >= 11 is -2.12. The zero-order valence-corrected chi connectivity index (χ0v) is 7.43. The van der Waals surface area contributed by atoms with E-state index in [2.05, 4.69) is 0 Å². The number of hydrogen-bond acceptors (Lipinski definition) is 3. The van der Waals surface area contributed by atoms with E-state index >= 15 is 0 Å². The minimum absolute atomic E-state index is 0.203. The molecule has 0 saturated heterocycles. The maximum atomic E-state index is 10.4. The highest BCUT2D eigenvalue weighted by Crippen LogP contribution is 2.05. The quantitative estimate of drug-likeness (QED) is 0.433. The second kappa shape index (κ2) is 5.00. The minimum Gasteiger partial charge on any atom is -0.481 e. The van der Waals surface area contributed by atoms with Crippen LogP contribution in [0.1, 0.15) is 13.3 Å². The molecule has 0 spiro atoms. The first-order valence-corrected chi connectivity index (χ1v) is 4.64. The molecule has 70 valence electrons. The topological polar surface area (TPSA) is 98.5 Å². The Balaban J connectivity index is 4.22. The lowest BCUT2D eigenvalue weighted by molar-refractivity contribution is -0.139. The summed E-state index contributed by atoms with van der Waals surface area (Å²) in [6.07, 6.45) is 0.269. The van der Waals surface area contributed by atoms with Crippen LogP contribution in [0.2, 0.25) is 0 Å². The highest BCUT2D eigenvalue weighted by atomic mass is 32.2. The molecule has 0 amide bonds. The van der Waals surface area contributed by atoms with Crippen molar-refractivity contribution < 1.29 is 18.7 Å². The van der Waals surface area contributed by atoms with Gasteiger partial charge in [0.15, 0.2) is 11.1 Å². The van der Waals surface area contributed by atoms with Gasteiger partial charge in [-0.05, 0) is 6.42 Å². The van der Waals surface area contributed by atoms with Crippen molar-refractivity contribution in [2.24, 2.45) is 5.92 Å².